The second-order valence-electron chi connectivity index (χ2n) is 8.80. The predicted octanol–water partition coefficient (Wildman–Crippen LogP) is -3.71. The van der Waals surface area contributed by atoms with Crippen molar-refractivity contribution in [2.45, 2.75) is 49.7 Å². The maximum Gasteiger partial charge on any atom is 0.543 e. The van der Waals surface area contributed by atoms with Gasteiger partial charge in [-0.25, -0.2) is 33.4 Å². The first-order valence-corrected chi connectivity index (χ1v) is 18.1. The largest absolute Gasteiger partial charge is 0.543 e. The number of phosphoric acid groups is 3. The van der Waals surface area contributed by atoms with E-state index >= 15 is 0 Å². The van der Waals surface area contributed by atoms with Gasteiger partial charge in [-0.15, -0.1) is 0 Å². The van der Waals surface area contributed by atoms with Crippen molar-refractivity contribution in [2.24, 2.45) is 0 Å². The van der Waals surface area contributed by atoms with E-state index in [9.17, 15) is 43.5 Å². The standard InChI is InChI=1S/C22H23O33P3/c1-2-3-4-5-6-7-8-9-10-11-15(23)37-12-14(39-22(27)40-45-47-49-51-53-55-54-52-50-48-46-44-28)13-38-58(35,36)43-21-17(25)19(41-56(29,30)31)16(24)20(18(21)26)42-57(32,33)34/h14,16-21,24-26,28H,12-13H2,1H3,(H,35,36)(H2,29,30,31)(H2,32,33,34)/t14-,16-,17+,18?,19?,20-,21?/m1/s1. The summed E-state index contributed by atoms with van der Waals surface area (Å²) in [6, 6.07) is 0. The minimum Gasteiger partial charge on any atom is -0.452 e. The highest BCUT2D eigenvalue weighted by Crippen LogP contribution is 2.50. The molecule has 0 amide bonds. The Balaban J connectivity index is 2.98. The fraction of sp³-hybridized carbons (Fsp3) is 0.455. The quantitative estimate of drug-likeness (QED) is 0.00856. The van der Waals surface area contributed by atoms with Crippen LogP contribution in [0.4, 0.5) is 4.79 Å². The molecule has 4 unspecified atom stereocenters. The van der Waals surface area contributed by atoms with Crippen LogP contribution >= 0.6 is 23.5 Å². The van der Waals surface area contributed by atoms with Crippen LogP contribution in [0.15, 0.2) is 0 Å². The molecule has 0 bridgehead atoms. The second-order valence-corrected chi connectivity index (χ2v) is 12.6. The molecule has 9 N–H and O–H groups in total. The minimum atomic E-state index is -5.77. The van der Waals surface area contributed by atoms with Gasteiger partial charge in [-0.2, -0.15) is 0 Å². The molecule has 0 aromatic carbocycles. The normalized spacial score (nSPS) is 21.6. The van der Waals surface area contributed by atoms with Gasteiger partial charge in [-0.1, -0.05) is 5.92 Å². The fourth-order valence-corrected chi connectivity index (χ4v) is 5.29. The van der Waals surface area contributed by atoms with Crippen LogP contribution in [0.3, 0.4) is 0 Å². The molecule has 0 saturated heterocycles. The Bertz CT molecular complexity index is 1730. The summed E-state index contributed by atoms with van der Waals surface area (Å²) >= 11 is 0. The molecule has 33 nitrogen and oxygen atoms in total. The lowest BCUT2D eigenvalue weighted by molar-refractivity contribution is -0.874. The Morgan fingerprint density at radius 2 is 1.00 bits per heavy atom. The summed E-state index contributed by atoms with van der Waals surface area (Å²) in [5, 5.41) is 80.3. The molecule has 324 valence electrons. The molecular weight excluding hydrogens is 885 g/mol. The number of phosphoric ester groups is 3. The molecule has 0 radical (unpaired) electrons. The van der Waals surface area contributed by atoms with Crippen LogP contribution in [0.2, 0.25) is 0 Å². The number of aliphatic hydroxyl groups is 3. The number of carbonyl (C=O) groups excluding carboxylic acids is 2. The molecule has 1 aliphatic carbocycles. The predicted molar refractivity (Wildman–Crippen MR) is 155 cm³/mol. The van der Waals surface area contributed by atoms with E-state index in [-0.39, 0.29) is 0 Å². The van der Waals surface area contributed by atoms with E-state index in [4.69, 9.17) is 29.6 Å². The number of aliphatic hydroxyl groups excluding tert-OH is 3. The molecule has 1 fully saturated rings. The van der Waals surface area contributed by atoms with E-state index < -0.39 is 91.5 Å². The summed E-state index contributed by atoms with van der Waals surface area (Å²) in [4.78, 5) is 74.8. The molecular formula is C22H23O33P3. The van der Waals surface area contributed by atoms with Gasteiger partial charge in [0, 0.05) is 36.2 Å². The van der Waals surface area contributed by atoms with Gasteiger partial charge < -0.3 is 49.3 Å². The van der Waals surface area contributed by atoms with Crippen LogP contribution in [0.25, 0.3) is 0 Å². The number of rotatable bonds is 24. The van der Waals surface area contributed by atoms with Crippen molar-refractivity contribution >= 4 is 35.6 Å². The van der Waals surface area contributed by atoms with E-state index in [1.165, 1.54) is 0 Å². The van der Waals surface area contributed by atoms with Crippen molar-refractivity contribution in [3.05, 3.63) is 0 Å². The molecule has 1 saturated carbocycles. The van der Waals surface area contributed by atoms with Crippen molar-refractivity contribution < 1.29 is 161 Å². The van der Waals surface area contributed by atoms with Crippen molar-refractivity contribution in [1.29, 1.82) is 0 Å². The number of ether oxygens (including phenoxy) is 2. The summed E-state index contributed by atoms with van der Waals surface area (Å²) in [6.45, 7) is -0.958. The van der Waals surface area contributed by atoms with Gasteiger partial charge >= 0.3 is 35.6 Å². The zero-order chi connectivity index (χ0) is 43.6. The summed E-state index contributed by atoms with van der Waals surface area (Å²) < 4.78 is 62.5. The van der Waals surface area contributed by atoms with Gasteiger partial charge in [0.1, 0.15) is 43.2 Å². The van der Waals surface area contributed by atoms with Crippen LogP contribution in [0, 0.1) is 59.2 Å². The SMILES string of the molecule is CC#CC#CC#CC#CC#CC(=O)OC[C@H](COP(=O)(O)OC1C(O)[C@H](OP(=O)(O)O)[C@H](O)C(OP(=O)(O)O)[C@@H]1O)OC(=O)OOOOOOOOOOOOOO. The molecule has 1 rings (SSSR count). The highest BCUT2D eigenvalue weighted by atomic mass is 31.2. The zero-order valence-corrected chi connectivity index (χ0v) is 30.3. The summed E-state index contributed by atoms with van der Waals surface area (Å²) in [7, 11) is -17.1. The van der Waals surface area contributed by atoms with E-state index in [0.717, 1.165) is 0 Å². The lowest BCUT2D eigenvalue weighted by Crippen LogP contribution is -2.65. The monoisotopic (exact) mass is 908 g/mol. The van der Waals surface area contributed by atoms with Crippen LogP contribution < -0.4 is 0 Å². The summed E-state index contributed by atoms with van der Waals surface area (Å²) in [5.74, 6) is 21.0. The Hall–Kier alpha value is -3.77. The molecule has 0 heterocycles. The van der Waals surface area contributed by atoms with Gasteiger partial charge in [0.2, 0.25) is 0 Å². The maximum absolute atomic E-state index is 12.8. The Kier molecular flexibility index (Phi) is 25.1. The average Bonchev–Trinajstić information content (AvgIpc) is 3.14. The van der Waals surface area contributed by atoms with Crippen LogP contribution in [-0.2, 0) is 111 Å². The fourth-order valence-electron chi connectivity index (χ4n) is 3.18. The highest BCUT2D eigenvalue weighted by Gasteiger charge is 2.56. The summed E-state index contributed by atoms with van der Waals surface area (Å²) in [5.41, 5.74) is 0. The van der Waals surface area contributed by atoms with Gasteiger partial charge in [0.15, 0.2) is 6.10 Å². The molecule has 58 heavy (non-hydrogen) atoms. The van der Waals surface area contributed by atoms with E-state index in [2.05, 4.69) is 136 Å². The van der Waals surface area contributed by atoms with Crippen molar-refractivity contribution in [1.82, 2.24) is 0 Å². The first-order valence-electron chi connectivity index (χ1n) is 13.6. The maximum atomic E-state index is 12.8. The van der Waals surface area contributed by atoms with Gasteiger partial charge in [0.25, 0.3) is 0 Å². The van der Waals surface area contributed by atoms with E-state index in [1.807, 2.05) is 11.8 Å². The molecule has 0 aromatic heterocycles. The highest BCUT2D eigenvalue weighted by molar-refractivity contribution is 7.47. The molecule has 0 spiro atoms. The summed E-state index contributed by atoms with van der Waals surface area (Å²) in [6.07, 6.45) is -19.9. The third kappa shape index (κ3) is 24.2. The minimum absolute atomic E-state index is 1.12. The number of hydrogen-bond donors (Lipinski definition) is 9. The lowest BCUT2D eigenvalue weighted by atomic mass is 9.85. The van der Waals surface area contributed by atoms with Crippen molar-refractivity contribution in [2.75, 3.05) is 13.2 Å². The third-order valence-corrected chi connectivity index (χ3v) is 7.04. The molecule has 0 aromatic rings. The van der Waals surface area contributed by atoms with Gasteiger partial charge in [-0.05, 0) is 84.5 Å². The van der Waals surface area contributed by atoms with Gasteiger partial charge in [-0.3, -0.25) is 18.1 Å². The Labute approximate surface area is 319 Å². The lowest BCUT2D eigenvalue weighted by Gasteiger charge is -2.44. The number of hydrogen-bond acceptors (Lipinski definition) is 28. The van der Waals surface area contributed by atoms with Gasteiger partial charge in [0.05, 0.1) is 6.61 Å². The van der Waals surface area contributed by atoms with Crippen LogP contribution in [-0.4, -0.2) is 113 Å². The number of carbonyl (C=O) groups is 2. The van der Waals surface area contributed by atoms with Crippen molar-refractivity contribution in [3.63, 3.8) is 0 Å². The zero-order valence-electron chi connectivity index (χ0n) is 27.6. The third-order valence-electron chi connectivity index (χ3n) is 5.02. The second kappa shape index (κ2) is 27.8. The van der Waals surface area contributed by atoms with E-state index in [0.29, 0.717) is 0 Å². The topological polar surface area (TPSA) is 443 Å². The molecule has 36 heteroatoms. The molecule has 1 aliphatic rings. The molecule has 0 aliphatic heterocycles. The first-order chi connectivity index (χ1) is 27.3. The van der Waals surface area contributed by atoms with Crippen molar-refractivity contribution in [3.8, 4) is 59.2 Å². The van der Waals surface area contributed by atoms with Crippen LogP contribution in [0.1, 0.15) is 6.92 Å². The van der Waals surface area contributed by atoms with Crippen LogP contribution in [0.5, 0.6) is 0 Å². The molecule has 8 atom stereocenters. The van der Waals surface area contributed by atoms with E-state index in [1.54, 1.807) is 6.92 Å². The smallest absolute Gasteiger partial charge is 0.452 e. The number of esters is 1. The average molecular weight is 908 g/mol. The first kappa shape index (κ1) is 52.2. The Morgan fingerprint density at radius 1 is 0.586 bits per heavy atom. The Morgan fingerprint density at radius 3 is 1.45 bits per heavy atom.